The van der Waals surface area contributed by atoms with Crippen molar-refractivity contribution in [3.8, 4) is 0 Å². The van der Waals surface area contributed by atoms with Gasteiger partial charge in [0.2, 0.25) is 0 Å². The van der Waals surface area contributed by atoms with Crippen LogP contribution in [0.3, 0.4) is 0 Å². The Bertz CT molecular complexity index is 3820. The summed E-state index contributed by atoms with van der Waals surface area (Å²) in [5.41, 5.74) is 26.5. The van der Waals surface area contributed by atoms with Gasteiger partial charge in [-0.3, -0.25) is 0 Å². The van der Waals surface area contributed by atoms with Crippen LogP contribution in [0.25, 0.3) is 20.2 Å². The second-order valence-electron chi connectivity index (χ2n) is 29.4. The van der Waals surface area contributed by atoms with Gasteiger partial charge in [-0.15, -0.1) is 11.3 Å². The van der Waals surface area contributed by atoms with Crippen LogP contribution >= 0.6 is 11.3 Å². The summed E-state index contributed by atoms with van der Waals surface area (Å²) in [7, 11) is 0. The molecule has 0 radical (unpaired) electrons. The van der Waals surface area contributed by atoms with Crippen LogP contribution in [-0.4, -0.2) is 6.71 Å². The molecule has 0 N–H and O–H groups in total. The normalized spacial score (nSPS) is 23.9. The fourth-order valence-electron chi connectivity index (χ4n) is 16.8. The highest BCUT2D eigenvalue weighted by Crippen LogP contribution is 2.66. The minimum Gasteiger partial charge on any atom is -0.311 e. The Labute approximate surface area is 465 Å². The van der Waals surface area contributed by atoms with Crippen molar-refractivity contribution in [1.29, 1.82) is 0 Å². The van der Waals surface area contributed by atoms with E-state index in [4.69, 9.17) is 0 Å². The maximum atomic E-state index is 2.75. The molecule has 3 atom stereocenters. The molecule has 77 heavy (non-hydrogen) atoms. The SMILES string of the molecule is Cc1cc2c3c(c1)N(c1cccc4sc5ccccc5c14)c1cc(CC4c5ccc(C(C)(C)C)cc5C5(C)CCCCC45C)ccc1B3c1cc3c(cc1N2c1ccc2c(c1)C(C)(C)CCC2(C)C)C(C)(C)CCC3(C)C. The molecule has 1 fully saturated rings. The highest BCUT2D eigenvalue weighted by molar-refractivity contribution is 7.26. The van der Waals surface area contributed by atoms with Crippen LogP contribution in [0.15, 0.2) is 121 Å². The van der Waals surface area contributed by atoms with Gasteiger partial charge in [0.1, 0.15) is 0 Å². The lowest BCUT2D eigenvalue weighted by Crippen LogP contribution is -2.62. The van der Waals surface area contributed by atoms with Crippen molar-refractivity contribution in [2.75, 3.05) is 9.80 Å². The van der Waals surface area contributed by atoms with E-state index in [1.807, 2.05) is 11.3 Å². The number of aryl methyl sites for hydroxylation is 1. The van der Waals surface area contributed by atoms with E-state index in [9.17, 15) is 0 Å². The van der Waals surface area contributed by atoms with E-state index in [-0.39, 0.29) is 44.6 Å². The lowest BCUT2D eigenvalue weighted by atomic mass is 9.33. The Balaban J connectivity index is 1.04. The third kappa shape index (κ3) is 7.04. The lowest BCUT2D eigenvalue weighted by molar-refractivity contribution is 0.0794. The Morgan fingerprint density at radius 3 is 1.88 bits per heavy atom. The van der Waals surface area contributed by atoms with Crippen LogP contribution < -0.4 is 26.2 Å². The van der Waals surface area contributed by atoms with Crippen molar-refractivity contribution < 1.29 is 0 Å². The molecule has 0 bridgehead atoms. The highest BCUT2D eigenvalue weighted by atomic mass is 32.1. The summed E-state index contributed by atoms with van der Waals surface area (Å²) in [5, 5.41) is 2.70. The molecule has 3 unspecified atom stereocenters. The van der Waals surface area contributed by atoms with Crippen LogP contribution in [0.1, 0.15) is 197 Å². The summed E-state index contributed by atoms with van der Waals surface area (Å²) in [6, 6.07) is 49.9. The van der Waals surface area contributed by atoms with E-state index in [2.05, 4.69) is 228 Å². The first-order valence-corrected chi connectivity index (χ1v) is 30.5. The first-order valence-electron chi connectivity index (χ1n) is 29.7. The average Bonchev–Trinajstić information content (AvgIpc) is 4.08. The van der Waals surface area contributed by atoms with Gasteiger partial charge in [0.25, 0.3) is 6.71 Å². The predicted octanol–water partition coefficient (Wildman–Crippen LogP) is 18.6. The second-order valence-corrected chi connectivity index (χ2v) is 30.5. The molecule has 0 spiro atoms. The highest BCUT2D eigenvalue weighted by Gasteiger charge is 2.58. The lowest BCUT2D eigenvalue weighted by Gasteiger charge is -2.49. The van der Waals surface area contributed by atoms with Crippen molar-refractivity contribution in [2.45, 2.75) is 193 Å². The van der Waals surface area contributed by atoms with Gasteiger partial charge >= 0.3 is 0 Å². The molecule has 6 aliphatic rings. The molecule has 1 aromatic heterocycles. The molecule has 4 heteroatoms. The van der Waals surface area contributed by atoms with Gasteiger partial charge in [0.15, 0.2) is 0 Å². The molecule has 3 heterocycles. The number of hydrogen-bond donors (Lipinski definition) is 0. The molecule has 0 amide bonds. The molecular formula is C73H81BN2S. The van der Waals surface area contributed by atoms with Gasteiger partial charge in [-0.05, 0) is 217 Å². The maximum absolute atomic E-state index is 2.75. The molecule has 7 aromatic carbocycles. The first-order chi connectivity index (χ1) is 36.4. The molecule has 0 saturated heterocycles. The standard InChI is InChI=1S/C73H81BN2S/c1-44-36-61-66-62(37-44)76(58-21-19-23-64-65(58)49-20-15-16-22-63(49)77-64)59-39-45(38-51-48-27-25-46(67(2,3)4)40-52(48)73(14)31-18-17-30-72(51,73)13)24-29-56(59)74(66)57-42-54-55(71(11,12)35-34-70(54,9)10)43-60(57)75(61)47-26-28-50-53(41-47)69(7,8)33-32-68(50,5)6/h15-16,19-29,36-37,39-43,51H,17-18,30-35,38H2,1-14H3. The fraction of sp³-hybridized carbons (Fsp3) is 0.425. The molecular weight excluding hydrogens is 948 g/mol. The summed E-state index contributed by atoms with van der Waals surface area (Å²) in [5.74, 6) is 0.436. The van der Waals surface area contributed by atoms with Crippen molar-refractivity contribution in [1.82, 2.24) is 0 Å². The van der Waals surface area contributed by atoms with Crippen LogP contribution in [0.4, 0.5) is 34.1 Å². The Hall–Kier alpha value is -5.58. The molecule has 392 valence electrons. The summed E-state index contributed by atoms with van der Waals surface area (Å²) in [6.07, 6.45) is 11.0. The number of hydrogen-bond acceptors (Lipinski definition) is 3. The van der Waals surface area contributed by atoms with Crippen LogP contribution in [0, 0.1) is 12.3 Å². The number of thiophene rings is 1. The van der Waals surface area contributed by atoms with Crippen LogP contribution in [0.5, 0.6) is 0 Å². The van der Waals surface area contributed by atoms with Crippen molar-refractivity contribution in [3.05, 3.63) is 171 Å². The number of benzene rings is 7. The number of rotatable bonds is 4. The summed E-state index contributed by atoms with van der Waals surface area (Å²) in [4.78, 5) is 5.48. The van der Waals surface area contributed by atoms with Crippen molar-refractivity contribution in [3.63, 3.8) is 0 Å². The van der Waals surface area contributed by atoms with E-state index >= 15 is 0 Å². The molecule has 4 aliphatic carbocycles. The van der Waals surface area contributed by atoms with E-state index in [0.29, 0.717) is 5.92 Å². The third-order valence-electron chi connectivity index (χ3n) is 21.9. The molecule has 14 rings (SSSR count). The van der Waals surface area contributed by atoms with Crippen LogP contribution in [0.2, 0.25) is 0 Å². The smallest absolute Gasteiger partial charge is 0.252 e. The van der Waals surface area contributed by atoms with Gasteiger partial charge in [-0.1, -0.05) is 170 Å². The van der Waals surface area contributed by atoms with E-state index in [0.717, 1.165) is 6.42 Å². The number of nitrogens with zero attached hydrogens (tertiary/aromatic N) is 2. The van der Waals surface area contributed by atoms with Crippen molar-refractivity contribution in [2.24, 2.45) is 5.41 Å². The largest absolute Gasteiger partial charge is 0.311 e. The Morgan fingerprint density at radius 2 is 1.16 bits per heavy atom. The zero-order chi connectivity index (χ0) is 53.7. The molecule has 2 aliphatic heterocycles. The zero-order valence-corrected chi connectivity index (χ0v) is 49.7. The zero-order valence-electron chi connectivity index (χ0n) is 48.9. The number of anilines is 6. The molecule has 8 aromatic rings. The first kappa shape index (κ1) is 49.7. The van der Waals surface area contributed by atoms with Gasteiger partial charge in [0, 0.05) is 48.6 Å². The minimum absolute atomic E-state index is 0.0480. The van der Waals surface area contributed by atoms with E-state index < -0.39 is 0 Å². The summed E-state index contributed by atoms with van der Waals surface area (Å²) < 4.78 is 2.69. The minimum atomic E-state index is 0.0480. The van der Waals surface area contributed by atoms with Gasteiger partial charge in [0.05, 0.1) is 5.69 Å². The van der Waals surface area contributed by atoms with Crippen LogP contribution in [-0.2, 0) is 38.9 Å². The maximum Gasteiger partial charge on any atom is 0.252 e. The summed E-state index contributed by atoms with van der Waals surface area (Å²) in [6.45, 7) is 34.8. The average molecular weight is 1030 g/mol. The molecule has 2 nitrogen and oxygen atoms in total. The third-order valence-corrected chi connectivity index (χ3v) is 23.1. The predicted molar refractivity (Wildman–Crippen MR) is 334 cm³/mol. The van der Waals surface area contributed by atoms with Gasteiger partial charge in [-0.2, -0.15) is 0 Å². The van der Waals surface area contributed by atoms with E-state index in [1.54, 1.807) is 11.1 Å². The number of fused-ring (bicyclic) bond motifs is 12. The summed E-state index contributed by atoms with van der Waals surface area (Å²) >= 11 is 1.93. The van der Waals surface area contributed by atoms with Gasteiger partial charge < -0.3 is 9.80 Å². The van der Waals surface area contributed by atoms with Crippen molar-refractivity contribution >= 4 is 88.7 Å². The monoisotopic (exact) mass is 1030 g/mol. The second kappa shape index (κ2) is 16.3. The quantitative estimate of drug-likeness (QED) is 0.162. The fourth-order valence-corrected chi connectivity index (χ4v) is 17.9. The van der Waals surface area contributed by atoms with Gasteiger partial charge in [-0.25, -0.2) is 0 Å². The Kier molecular flexibility index (Phi) is 10.5. The Morgan fingerprint density at radius 1 is 0.519 bits per heavy atom. The van der Waals surface area contributed by atoms with E-state index in [1.165, 1.54) is 161 Å². The molecule has 1 saturated carbocycles. The topological polar surface area (TPSA) is 6.48 Å².